The first-order chi connectivity index (χ1) is 8.83. The molecule has 100 valence electrons. The summed E-state index contributed by atoms with van der Waals surface area (Å²) in [5.74, 6) is 0.871. The molecular formula is C16H23BrO. The number of hydrogen-bond acceptors (Lipinski definition) is 1. The summed E-state index contributed by atoms with van der Waals surface area (Å²) in [7, 11) is 0. The van der Waals surface area contributed by atoms with E-state index in [1.54, 1.807) is 0 Å². The molecular weight excluding hydrogens is 288 g/mol. The van der Waals surface area contributed by atoms with Crippen molar-refractivity contribution in [1.82, 2.24) is 0 Å². The van der Waals surface area contributed by atoms with Crippen molar-refractivity contribution in [3.8, 4) is 0 Å². The highest BCUT2D eigenvalue weighted by molar-refractivity contribution is 9.09. The molecule has 0 amide bonds. The second kappa shape index (κ2) is 7.30. The van der Waals surface area contributed by atoms with Gasteiger partial charge in [-0.05, 0) is 24.3 Å². The Morgan fingerprint density at radius 3 is 2.72 bits per heavy atom. The van der Waals surface area contributed by atoms with Gasteiger partial charge in [0.25, 0.3) is 0 Å². The van der Waals surface area contributed by atoms with Crippen LogP contribution in [-0.2, 0) is 4.74 Å². The molecule has 0 saturated heterocycles. The zero-order valence-corrected chi connectivity index (χ0v) is 12.7. The van der Waals surface area contributed by atoms with Gasteiger partial charge >= 0.3 is 0 Å². The lowest BCUT2D eigenvalue weighted by molar-refractivity contribution is -0.0312. The lowest BCUT2D eigenvalue weighted by Gasteiger charge is -2.31. The molecule has 18 heavy (non-hydrogen) atoms. The third-order valence-corrected chi connectivity index (χ3v) is 4.57. The zero-order chi connectivity index (χ0) is 12.8. The molecule has 1 aliphatic carbocycles. The van der Waals surface area contributed by atoms with Crippen LogP contribution < -0.4 is 0 Å². The Hall–Kier alpha value is -0.340. The Morgan fingerprint density at radius 1 is 1.28 bits per heavy atom. The topological polar surface area (TPSA) is 9.23 Å². The molecule has 3 atom stereocenters. The first-order valence-corrected chi connectivity index (χ1v) is 8.22. The Morgan fingerprint density at radius 2 is 2.06 bits per heavy atom. The summed E-state index contributed by atoms with van der Waals surface area (Å²) in [6.45, 7) is 2.30. The third kappa shape index (κ3) is 3.83. The minimum absolute atomic E-state index is 0.201. The second-order valence-corrected chi connectivity index (χ2v) is 5.90. The van der Waals surface area contributed by atoms with E-state index in [1.807, 2.05) is 0 Å². The second-order valence-electron chi connectivity index (χ2n) is 5.25. The van der Waals surface area contributed by atoms with Crippen LogP contribution in [0.1, 0.15) is 50.7 Å². The lowest BCUT2D eigenvalue weighted by atomic mass is 9.85. The molecule has 1 nitrogen and oxygen atoms in total. The minimum Gasteiger partial charge on any atom is -0.369 e. The van der Waals surface area contributed by atoms with E-state index in [-0.39, 0.29) is 6.10 Å². The number of benzene rings is 1. The minimum atomic E-state index is 0.201. The quantitative estimate of drug-likeness (QED) is 0.687. The van der Waals surface area contributed by atoms with Crippen LogP contribution in [0.3, 0.4) is 0 Å². The maximum absolute atomic E-state index is 6.31. The molecule has 0 heterocycles. The average molecular weight is 311 g/mol. The van der Waals surface area contributed by atoms with Crippen molar-refractivity contribution in [2.75, 3.05) is 5.33 Å². The summed E-state index contributed by atoms with van der Waals surface area (Å²) in [4.78, 5) is 0. The monoisotopic (exact) mass is 310 g/mol. The smallest absolute Gasteiger partial charge is 0.0925 e. The number of halogens is 1. The lowest BCUT2D eigenvalue weighted by Crippen LogP contribution is -2.25. The van der Waals surface area contributed by atoms with Gasteiger partial charge in [0.2, 0.25) is 0 Å². The predicted octanol–water partition coefficient (Wildman–Crippen LogP) is 5.11. The summed E-state index contributed by atoms with van der Waals surface area (Å²) in [6, 6.07) is 10.6. The van der Waals surface area contributed by atoms with E-state index < -0.39 is 0 Å². The van der Waals surface area contributed by atoms with Gasteiger partial charge in [-0.2, -0.15) is 0 Å². The van der Waals surface area contributed by atoms with Gasteiger partial charge in [0.15, 0.2) is 0 Å². The Kier molecular flexibility index (Phi) is 5.71. The fourth-order valence-corrected chi connectivity index (χ4v) is 3.37. The Balaban J connectivity index is 1.94. The number of rotatable bonds is 5. The van der Waals surface area contributed by atoms with Crippen molar-refractivity contribution in [2.45, 2.75) is 51.2 Å². The van der Waals surface area contributed by atoms with Crippen LogP contribution in [0.2, 0.25) is 0 Å². The van der Waals surface area contributed by atoms with Crippen molar-refractivity contribution in [3.63, 3.8) is 0 Å². The molecule has 0 N–H and O–H groups in total. The summed E-state index contributed by atoms with van der Waals surface area (Å²) in [5.41, 5.74) is 1.29. The van der Waals surface area contributed by atoms with E-state index in [2.05, 4.69) is 53.2 Å². The molecule has 0 spiro atoms. The van der Waals surface area contributed by atoms with Gasteiger partial charge in [0, 0.05) is 5.33 Å². The van der Waals surface area contributed by atoms with Crippen molar-refractivity contribution < 1.29 is 4.74 Å². The van der Waals surface area contributed by atoms with Gasteiger partial charge in [-0.1, -0.05) is 72.4 Å². The first-order valence-electron chi connectivity index (χ1n) is 7.09. The fraction of sp³-hybridized carbons (Fsp3) is 0.625. The molecule has 2 rings (SSSR count). The standard InChI is InChI=1S/C16H23BrO/c1-2-13-7-6-10-15(11-13)18-16(12-17)14-8-4-3-5-9-14/h3-5,8-9,13,15-16H,2,6-7,10-12H2,1H3. The highest BCUT2D eigenvalue weighted by Gasteiger charge is 2.24. The average Bonchev–Trinajstić information content (AvgIpc) is 2.46. The van der Waals surface area contributed by atoms with Gasteiger partial charge in [-0.15, -0.1) is 0 Å². The van der Waals surface area contributed by atoms with Crippen molar-refractivity contribution in [1.29, 1.82) is 0 Å². The van der Waals surface area contributed by atoms with Gasteiger partial charge < -0.3 is 4.74 Å². The normalized spacial score (nSPS) is 25.9. The predicted molar refractivity (Wildman–Crippen MR) is 80.1 cm³/mol. The molecule has 1 aliphatic rings. The maximum Gasteiger partial charge on any atom is 0.0925 e. The molecule has 2 heteroatoms. The maximum atomic E-state index is 6.31. The molecule has 0 aliphatic heterocycles. The van der Waals surface area contributed by atoms with Crippen molar-refractivity contribution >= 4 is 15.9 Å². The molecule has 1 fully saturated rings. The van der Waals surface area contributed by atoms with E-state index in [0.29, 0.717) is 6.10 Å². The molecule has 0 bridgehead atoms. The van der Waals surface area contributed by atoms with Crippen molar-refractivity contribution in [3.05, 3.63) is 35.9 Å². The van der Waals surface area contributed by atoms with Crippen LogP contribution >= 0.6 is 15.9 Å². The fourth-order valence-electron chi connectivity index (χ4n) is 2.84. The highest BCUT2D eigenvalue weighted by atomic mass is 79.9. The molecule has 1 aromatic carbocycles. The Bertz CT molecular complexity index is 338. The SMILES string of the molecule is CCC1CCCC(OC(CBr)c2ccccc2)C1. The summed E-state index contributed by atoms with van der Waals surface area (Å²) in [5, 5.41) is 0.879. The molecule has 1 aromatic rings. The van der Waals surface area contributed by atoms with Crippen LogP contribution in [0.15, 0.2) is 30.3 Å². The van der Waals surface area contributed by atoms with Crippen molar-refractivity contribution in [2.24, 2.45) is 5.92 Å². The van der Waals surface area contributed by atoms with E-state index in [0.717, 1.165) is 11.2 Å². The van der Waals surface area contributed by atoms with Gasteiger partial charge in [-0.3, -0.25) is 0 Å². The van der Waals surface area contributed by atoms with Gasteiger partial charge in [0.05, 0.1) is 12.2 Å². The molecule has 0 aromatic heterocycles. The third-order valence-electron chi connectivity index (χ3n) is 3.98. The van der Waals surface area contributed by atoms with Crippen LogP contribution in [-0.4, -0.2) is 11.4 Å². The van der Waals surface area contributed by atoms with Gasteiger partial charge in [0.1, 0.15) is 0 Å². The van der Waals surface area contributed by atoms with E-state index in [4.69, 9.17) is 4.74 Å². The molecule has 0 radical (unpaired) electrons. The highest BCUT2D eigenvalue weighted by Crippen LogP contribution is 2.32. The number of alkyl halides is 1. The van der Waals surface area contributed by atoms with E-state index >= 15 is 0 Å². The molecule has 3 unspecified atom stereocenters. The largest absolute Gasteiger partial charge is 0.369 e. The first kappa shape index (κ1) is 14.1. The Labute approximate surface area is 119 Å². The van der Waals surface area contributed by atoms with Crippen LogP contribution in [0.5, 0.6) is 0 Å². The summed E-state index contributed by atoms with van der Waals surface area (Å²) in [6.07, 6.45) is 7.13. The van der Waals surface area contributed by atoms with Crippen LogP contribution in [0, 0.1) is 5.92 Å². The number of hydrogen-bond donors (Lipinski definition) is 0. The molecule has 1 saturated carbocycles. The van der Waals surface area contributed by atoms with E-state index in [9.17, 15) is 0 Å². The summed E-state index contributed by atoms with van der Waals surface area (Å²) >= 11 is 3.59. The van der Waals surface area contributed by atoms with E-state index in [1.165, 1.54) is 37.7 Å². The zero-order valence-electron chi connectivity index (χ0n) is 11.1. The van der Waals surface area contributed by atoms with Crippen LogP contribution in [0.4, 0.5) is 0 Å². The number of ether oxygens (including phenoxy) is 1. The van der Waals surface area contributed by atoms with Gasteiger partial charge in [-0.25, -0.2) is 0 Å². The van der Waals surface area contributed by atoms with Crippen LogP contribution in [0.25, 0.3) is 0 Å². The summed E-state index contributed by atoms with van der Waals surface area (Å²) < 4.78 is 6.31.